The van der Waals surface area contributed by atoms with Crippen molar-refractivity contribution in [3.05, 3.63) is 72.2 Å². The lowest BCUT2D eigenvalue weighted by Gasteiger charge is -2.37. The number of hydrogen-bond donors (Lipinski definition) is 1. The van der Waals surface area contributed by atoms with Crippen LogP contribution in [0.25, 0.3) is 32.9 Å². The second-order valence-corrected chi connectivity index (χ2v) is 8.41. The Morgan fingerprint density at radius 1 is 1.06 bits per heavy atom. The number of aliphatic hydroxyl groups is 1. The van der Waals surface area contributed by atoms with Crippen LogP contribution in [0, 0.1) is 6.92 Å². The molecule has 162 valence electrons. The molecule has 0 radical (unpaired) electrons. The zero-order valence-electron chi connectivity index (χ0n) is 17.9. The highest BCUT2D eigenvalue weighted by molar-refractivity contribution is 6.36. The molecule has 6 nitrogen and oxygen atoms in total. The maximum Gasteiger partial charge on any atom is 0.141 e. The van der Waals surface area contributed by atoms with Crippen molar-refractivity contribution in [3.63, 3.8) is 0 Å². The summed E-state index contributed by atoms with van der Waals surface area (Å²) >= 11 is 6.57. The fourth-order valence-corrected chi connectivity index (χ4v) is 4.79. The highest BCUT2D eigenvalue weighted by Gasteiger charge is 2.24. The van der Waals surface area contributed by atoms with Crippen molar-refractivity contribution >= 4 is 39.1 Å². The molecule has 32 heavy (non-hydrogen) atoms. The Labute approximate surface area is 191 Å². The number of anilines is 1. The quantitative estimate of drug-likeness (QED) is 0.469. The van der Waals surface area contributed by atoms with E-state index in [1.165, 1.54) is 0 Å². The standard InChI is InChI=1S/C25H24ClN5O/c1-3-21(32)30-10-12-31(13-11-30)25-19-14-27-23(16(2)24(19)28-15-29-25)18-8-4-6-17-7-5-9-20(26)22(17)18/h3-9,14-15,21,32H,1,10-13H2,2H3. The summed E-state index contributed by atoms with van der Waals surface area (Å²) in [5, 5.41) is 13.7. The summed E-state index contributed by atoms with van der Waals surface area (Å²) in [6.07, 6.45) is 4.44. The Morgan fingerprint density at radius 2 is 1.81 bits per heavy atom. The molecule has 7 heteroatoms. The van der Waals surface area contributed by atoms with Gasteiger partial charge >= 0.3 is 0 Å². The van der Waals surface area contributed by atoms with Crippen LogP contribution in [-0.2, 0) is 0 Å². The van der Waals surface area contributed by atoms with Crippen LogP contribution >= 0.6 is 11.6 Å². The second-order valence-electron chi connectivity index (χ2n) is 8.01. The van der Waals surface area contributed by atoms with E-state index >= 15 is 0 Å². The van der Waals surface area contributed by atoms with Gasteiger partial charge in [0, 0.05) is 53.9 Å². The number of aryl methyl sites for hydroxylation is 1. The summed E-state index contributed by atoms with van der Waals surface area (Å²) in [6.45, 7) is 8.72. The third-order valence-corrected chi connectivity index (χ3v) is 6.52. The number of fused-ring (bicyclic) bond motifs is 2. The number of aromatic nitrogens is 3. The molecule has 1 aliphatic rings. The maximum atomic E-state index is 10.0. The van der Waals surface area contributed by atoms with Crippen LogP contribution in [-0.4, -0.2) is 57.4 Å². The molecular weight excluding hydrogens is 422 g/mol. The van der Waals surface area contributed by atoms with Crippen molar-refractivity contribution in [1.82, 2.24) is 19.9 Å². The van der Waals surface area contributed by atoms with E-state index in [1.54, 1.807) is 12.4 Å². The van der Waals surface area contributed by atoms with Gasteiger partial charge in [0.1, 0.15) is 18.4 Å². The summed E-state index contributed by atoms with van der Waals surface area (Å²) in [4.78, 5) is 18.3. The normalized spacial score (nSPS) is 15.9. The van der Waals surface area contributed by atoms with Crippen LogP contribution in [0.1, 0.15) is 5.56 Å². The number of halogens is 1. The fraction of sp³-hybridized carbons (Fsp3) is 0.240. The van der Waals surface area contributed by atoms with E-state index < -0.39 is 6.23 Å². The van der Waals surface area contributed by atoms with Gasteiger partial charge in [-0.1, -0.05) is 48.5 Å². The Bertz CT molecular complexity index is 1310. The third-order valence-electron chi connectivity index (χ3n) is 6.20. The lowest BCUT2D eigenvalue weighted by atomic mass is 9.98. The van der Waals surface area contributed by atoms with E-state index in [1.807, 2.05) is 29.3 Å². The number of benzene rings is 2. The van der Waals surface area contributed by atoms with E-state index in [-0.39, 0.29) is 0 Å². The second kappa shape index (κ2) is 8.47. The van der Waals surface area contributed by atoms with Crippen LogP contribution in [0.3, 0.4) is 0 Å². The molecule has 1 atom stereocenters. The molecule has 0 saturated carbocycles. The van der Waals surface area contributed by atoms with Gasteiger partial charge in [-0.25, -0.2) is 9.97 Å². The summed E-state index contributed by atoms with van der Waals surface area (Å²) in [6, 6.07) is 12.1. The number of hydrogen-bond acceptors (Lipinski definition) is 6. The first kappa shape index (κ1) is 20.8. The van der Waals surface area contributed by atoms with E-state index in [0.29, 0.717) is 5.02 Å². The zero-order valence-corrected chi connectivity index (χ0v) is 18.6. The Kier molecular flexibility index (Phi) is 5.51. The van der Waals surface area contributed by atoms with Gasteiger partial charge in [-0.3, -0.25) is 9.88 Å². The zero-order chi connectivity index (χ0) is 22.2. The van der Waals surface area contributed by atoms with Gasteiger partial charge in [-0.2, -0.15) is 0 Å². The predicted octanol–water partition coefficient (Wildman–Crippen LogP) is 4.43. The average molecular weight is 446 g/mol. The van der Waals surface area contributed by atoms with E-state index in [0.717, 1.165) is 70.5 Å². The molecule has 1 unspecified atom stereocenters. The average Bonchev–Trinajstić information content (AvgIpc) is 2.83. The van der Waals surface area contributed by atoms with Gasteiger partial charge in [0.2, 0.25) is 0 Å². The highest BCUT2D eigenvalue weighted by Crippen LogP contribution is 2.36. The Morgan fingerprint density at radius 3 is 2.56 bits per heavy atom. The topological polar surface area (TPSA) is 65.4 Å². The van der Waals surface area contributed by atoms with Crippen molar-refractivity contribution < 1.29 is 5.11 Å². The maximum absolute atomic E-state index is 10.0. The number of nitrogens with zero attached hydrogens (tertiary/aromatic N) is 5. The SMILES string of the molecule is C=CC(O)N1CCN(c2ncnc3c(C)c(-c4cccc5cccc(Cl)c45)ncc23)CC1. The molecule has 1 fully saturated rings. The molecule has 1 aliphatic heterocycles. The summed E-state index contributed by atoms with van der Waals surface area (Å²) in [7, 11) is 0. The molecule has 4 aromatic rings. The van der Waals surface area contributed by atoms with E-state index in [4.69, 9.17) is 16.6 Å². The largest absolute Gasteiger partial charge is 0.375 e. The van der Waals surface area contributed by atoms with Crippen LogP contribution < -0.4 is 4.90 Å². The van der Waals surface area contributed by atoms with Gasteiger partial charge in [-0.15, -0.1) is 0 Å². The van der Waals surface area contributed by atoms with E-state index in [2.05, 4.69) is 46.6 Å². The van der Waals surface area contributed by atoms with Crippen molar-refractivity contribution in [2.24, 2.45) is 0 Å². The van der Waals surface area contributed by atoms with Gasteiger partial charge in [0.05, 0.1) is 16.6 Å². The first-order chi connectivity index (χ1) is 15.6. The molecular formula is C25H24ClN5O. The molecule has 0 spiro atoms. The molecule has 0 amide bonds. The lowest BCUT2D eigenvalue weighted by Crippen LogP contribution is -2.50. The molecule has 1 saturated heterocycles. The van der Waals surface area contributed by atoms with Crippen LogP contribution in [0.4, 0.5) is 5.82 Å². The first-order valence-corrected chi connectivity index (χ1v) is 11.0. The van der Waals surface area contributed by atoms with Crippen LogP contribution in [0.2, 0.25) is 5.02 Å². The van der Waals surface area contributed by atoms with Crippen molar-refractivity contribution in [2.45, 2.75) is 13.2 Å². The minimum Gasteiger partial charge on any atom is -0.375 e. The lowest BCUT2D eigenvalue weighted by molar-refractivity contribution is 0.0380. The number of aliphatic hydroxyl groups excluding tert-OH is 1. The summed E-state index contributed by atoms with van der Waals surface area (Å²) in [5.74, 6) is 0.876. The highest BCUT2D eigenvalue weighted by atomic mass is 35.5. The summed E-state index contributed by atoms with van der Waals surface area (Å²) in [5.41, 5.74) is 3.76. The van der Waals surface area contributed by atoms with Gasteiger partial charge in [-0.05, 0) is 24.5 Å². The third kappa shape index (κ3) is 3.50. The van der Waals surface area contributed by atoms with Crippen LogP contribution in [0.5, 0.6) is 0 Å². The molecule has 3 heterocycles. The molecule has 1 N–H and O–H groups in total. The summed E-state index contributed by atoms with van der Waals surface area (Å²) < 4.78 is 0. The predicted molar refractivity (Wildman–Crippen MR) is 130 cm³/mol. The number of pyridine rings is 1. The van der Waals surface area contributed by atoms with Crippen LogP contribution in [0.15, 0.2) is 61.6 Å². The minimum atomic E-state index is -0.613. The monoisotopic (exact) mass is 445 g/mol. The fourth-order valence-electron chi connectivity index (χ4n) is 4.51. The molecule has 0 aliphatic carbocycles. The van der Waals surface area contributed by atoms with Crippen molar-refractivity contribution in [3.8, 4) is 11.3 Å². The number of rotatable bonds is 4. The van der Waals surface area contributed by atoms with Gasteiger partial charge < -0.3 is 10.0 Å². The first-order valence-electron chi connectivity index (χ1n) is 10.7. The smallest absolute Gasteiger partial charge is 0.141 e. The van der Waals surface area contributed by atoms with Gasteiger partial charge in [0.15, 0.2) is 0 Å². The van der Waals surface area contributed by atoms with Gasteiger partial charge in [0.25, 0.3) is 0 Å². The number of piperazine rings is 1. The Balaban J connectivity index is 1.57. The molecule has 5 rings (SSSR count). The Hall–Kier alpha value is -3.06. The van der Waals surface area contributed by atoms with Crippen molar-refractivity contribution in [2.75, 3.05) is 31.1 Å². The minimum absolute atomic E-state index is 0.613. The molecule has 0 bridgehead atoms. The molecule has 2 aromatic carbocycles. The van der Waals surface area contributed by atoms with E-state index in [9.17, 15) is 5.11 Å². The molecule has 2 aromatic heterocycles. The van der Waals surface area contributed by atoms with Crippen molar-refractivity contribution in [1.29, 1.82) is 0 Å².